The lowest BCUT2D eigenvalue weighted by atomic mass is 9.95. The highest BCUT2D eigenvalue weighted by atomic mass is 19.4. The maximum atomic E-state index is 13.0. The Balaban J connectivity index is 3.65. The zero-order chi connectivity index (χ0) is 16.4. The van der Waals surface area contributed by atoms with Crippen LogP contribution in [-0.4, -0.2) is 11.1 Å². The van der Waals surface area contributed by atoms with Crippen molar-refractivity contribution in [3.05, 3.63) is 40.5 Å². The molecule has 0 aliphatic rings. The third-order valence-corrected chi connectivity index (χ3v) is 2.65. The van der Waals surface area contributed by atoms with E-state index in [1.165, 1.54) is 6.92 Å². The highest BCUT2D eigenvalue weighted by Gasteiger charge is 2.38. The van der Waals surface area contributed by atoms with Crippen LogP contribution in [0.2, 0.25) is 0 Å². The highest BCUT2D eigenvalue weighted by molar-refractivity contribution is 5.85. The standard InChI is InChI=1S/C13H10F6O2/c1-2-7-5-9(12(14,15)16)6-8(3-4-10(20)21)11(7)13(17,18)19/h3-6H,2H2,1H3,(H,20,21)/b4-3+. The number of carbonyl (C=O) groups is 1. The van der Waals surface area contributed by atoms with Gasteiger partial charge in [0.15, 0.2) is 0 Å². The van der Waals surface area contributed by atoms with E-state index in [4.69, 9.17) is 5.11 Å². The minimum Gasteiger partial charge on any atom is -0.478 e. The van der Waals surface area contributed by atoms with Gasteiger partial charge >= 0.3 is 18.3 Å². The number of halogens is 6. The highest BCUT2D eigenvalue weighted by Crippen LogP contribution is 2.39. The zero-order valence-corrected chi connectivity index (χ0v) is 10.6. The molecular formula is C13H10F6O2. The molecule has 1 aromatic carbocycles. The fourth-order valence-corrected chi connectivity index (χ4v) is 1.81. The summed E-state index contributed by atoms with van der Waals surface area (Å²) in [5, 5.41) is 8.43. The van der Waals surface area contributed by atoms with Crippen LogP contribution in [0.3, 0.4) is 0 Å². The van der Waals surface area contributed by atoms with Crippen LogP contribution < -0.4 is 0 Å². The first-order valence-corrected chi connectivity index (χ1v) is 5.69. The molecule has 0 aromatic heterocycles. The number of rotatable bonds is 3. The molecule has 1 aromatic rings. The molecule has 1 N–H and O–H groups in total. The van der Waals surface area contributed by atoms with Crippen LogP contribution >= 0.6 is 0 Å². The van der Waals surface area contributed by atoms with Crippen LogP contribution in [0.5, 0.6) is 0 Å². The predicted octanol–water partition coefficient (Wildman–Crippen LogP) is 4.38. The van der Waals surface area contributed by atoms with Gasteiger partial charge < -0.3 is 5.11 Å². The first-order valence-electron chi connectivity index (χ1n) is 5.69. The number of aryl methyl sites for hydroxylation is 1. The minimum atomic E-state index is -4.88. The Morgan fingerprint density at radius 2 is 1.71 bits per heavy atom. The van der Waals surface area contributed by atoms with Gasteiger partial charge in [0, 0.05) is 6.08 Å². The van der Waals surface area contributed by atoms with Gasteiger partial charge in [-0.25, -0.2) is 4.79 Å². The summed E-state index contributed by atoms with van der Waals surface area (Å²) in [7, 11) is 0. The average molecular weight is 312 g/mol. The summed E-state index contributed by atoms with van der Waals surface area (Å²) < 4.78 is 77.0. The molecule has 0 saturated heterocycles. The zero-order valence-electron chi connectivity index (χ0n) is 10.6. The van der Waals surface area contributed by atoms with Crippen LogP contribution in [0, 0.1) is 0 Å². The first kappa shape index (κ1) is 17.1. The van der Waals surface area contributed by atoms with Crippen molar-refractivity contribution in [3.8, 4) is 0 Å². The van der Waals surface area contributed by atoms with Gasteiger partial charge in [-0.05, 0) is 35.8 Å². The summed E-state index contributed by atoms with van der Waals surface area (Å²) >= 11 is 0. The normalized spacial score (nSPS) is 12.9. The molecule has 0 radical (unpaired) electrons. The average Bonchev–Trinajstić information content (AvgIpc) is 2.32. The Bertz CT molecular complexity index is 569. The third-order valence-electron chi connectivity index (χ3n) is 2.65. The van der Waals surface area contributed by atoms with Crippen molar-refractivity contribution >= 4 is 12.0 Å². The lowest BCUT2D eigenvalue weighted by Gasteiger charge is -2.18. The summed E-state index contributed by atoms with van der Waals surface area (Å²) in [6.45, 7) is 1.29. The van der Waals surface area contributed by atoms with Gasteiger partial charge in [-0.2, -0.15) is 26.3 Å². The van der Waals surface area contributed by atoms with Gasteiger partial charge in [0.25, 0.3) is 0 Å². The molecule has 0 unspecified atom stereocenters. The molecule has 0 aliphatic heterocycles. The fraction of sp³-hybridized carbons (Fsp3) is 0.308. The second-order valence-electron chi connectivity index (χ2n) is 4.12. The Hall–Kier alpha value is -1.99. The lowest BCUT2D eigenvalue weighted by Crippen LogP contribution is -2.15. The number of carboxylic acid groups (broad SMARTS) is 1. The van der Waals surface area contributed by atoms with Crippen molar-refractivity contribution in [2.45, 2.75) is 25.7 Å². The largest absolute Gasteiger partial charge is 0.478 e. The molecule has 21 heavy (non-hydrogen) atoms. The number of carboxylic acids is 1. The second kappa shape index (κ2) is 5.79. The Kier molecular flexibility index (Phi) is 4.70. The molecule has 0 heterocycles. The molecule has 0 bridgehead atoms. The number of hydrogen-bond acceptors (Lipinski definition) is 1. The molecule has 1 rings (SSSR count). The molecule has 0 atom stereocenters. The number of alkyl halides is 6. The predicted molar refractivity (Wildman–Crippen MR) is 62.5 cm³/mol. The van der Waals surface area contributed by atoms with E-state index in [0.717, 1.165) is 0 Å². The molecule has 0 aliphatic carbocycles. The maximum Gasteiger partial charge on any atom is 0.417 e. The van der Waals surface area contributed by atoms with Crippen LogP contribution in [0.1, 0.15) is 29.2 Å². The summed E-state index contributed by atoms with van der Waals surface area (Å²) in [5.41, 5.74) is -3.87. The van der Waals surface area contributed by atoms with Gasteiger partial charge in [0.05, 0.1) is 11.1 Å². The van der Waals surface area contributed by atoms with E-state index in [1.54, 1.807) is 0 Å². The van der Waals surface area contributed by atoms with E-state index in [1.807, 2.05) is 0 Å². The minimum absolute atomic E-state index is 0.271. The monoisotopic (exact) mass is 312 g/mol. The van der Waals surface area contributed by atoms with E-state index >= 15 is 0 Å². The lowest BCUT2D eigenvalue weighted by molar-refractivity contribution is -0.142. The number of benzene rings is 1. The van der Waals surface area contributed by atoms with E-state index in [0.29, 0.717) is 24.3 Å². The quantitative estimate of drug-likeness (QED) is 0.664. The molecule has 2 nitrogen and oxygen atoms in total. The molecule has 116 valence electrons. The van der Waals surface area contributed by atoms with Crippen LogP contribution in [0.4, 0.5) is 26.3 Å². The summed E-state index contributed by atoms with van der Waals surface area (Å²) in [5.74, 6) is -1.56. The van der Waals surface area contributed by atoms with Gasteiger partial charge in [-0.15, -0.1) is 0 Å². The van der Waals surface area contributed by atoms with E-state index < -0.39 is 40.6 Å². The fourth-order valence-electron chi connectivity index (χ4n) is 1.81. The van der Waals surface area contributed by atoms with Gasteiger partial charge in [-0.3, -0.25) is 0 Å². The van der Waals surface area contributed by atoms with E-state index in [9.17, 15) is 31.1 Å². The molecular weight excluding hydrogens is 302 g/mol. The molecule has 0 saturated carbocycles. The first-order chi connectivity index (χ1) is 9.46. The maximum absolute atomic E-state index is 13.0. The Labute approximate surface area is 115 Å². The molecule has 8 heteroatoms. The van der Waals surface area contributed by atoms with Gasteiger partial charge in [0.1, 0.15) is 0 Å². The third kappa shape index (κ3) is 4.24. The molecule has 0 amide bonds. The summed E-state index contributed by atoms with van der Waals surface area (Å²) in [6.07, 6.45) is -9.09. The number of hydrogen-bond donors (Lipinski definition) is 1. The van der Waals surface area contributed by atoms with Crippen LogP contribution in [0.25, 0.3) is 6.08 Å². The van der Waals surface area contributed by atoms with E-state index in [-0.39, 0.29) is 6.42 Å². The van der Waals surface area contributed by atoms with Crippen molar-refractivity contribution in [2.75, 3.05) is 0 Å². The Morgan fingerprint density at radius 3 is 2.10 bits per heavy atom. The summed E-state index contributed by atoms with van der Waals surface area (Å²) in [4.78, 5) is 10.4. The Morgan fingerprint density at radius 1 is 1.14 bits per heavy atom. The van der Waals surface area contributed by atoms with E-state index in [2.05, 4.69) is 0 Å². The molecule has 0 spiro atoms. The molecule has 0 fully saturated rings. The SMILES string of the molecule is CCc1cc(C(F)(F)F)cc(/C=C/C(=O)O)c1C(F)(F)F. The van der Waals surface area contributed by atoms with Crippen LogP contribution in [-0.2, 0) is 23.6 Å². The topological polar surface area (TPSA) is 37.3 Å². The van der Waals surface area contributed by atoms with Crippen molar-refractivity contribution in [2.24, 2.45) is 0 Å². The van der Waals surface area contributed by atoms with Crippen molar-refractivity contribution in [3.63, 3.8) is 0 Å². The van der Waals surface area contributed by atoms with Crippen molar-refractivity contribution < 1.29 is 36.2 Å². The summed E-state index contributed by atoms with van der Waals surface area (Å²) in [6, 6.07) is 0.725. The van der Waals surface area contributed by atoms with Gasteiger partial charge in [0.2, 0.25) is 0 Å². The van der Waals surface area contributed by atoms with Gasteiger partial charge in [-0.1, -0.05) is 6.92 Å². The number of aliphatic carboxylic acids is 1. The second-order valence-corrected chi connectivity index (χ2v) is 4.12. The van der Waals surface area contributed by atoms with Crippen LogP contribution in [0.15, 0.2) is 18.2 Å². The van der Waals surface area contributed by atoms with Crippen molar-refractivity contribution in [1.82, 2.24) is 0 Å². The van der Waals surface area contributed by atoms with Crippen molar-refractivity contribution in [1.29, 1.82) is 0 Å². The smallest absolute Gasteiger partial charge is 0.417 e.